The van der Waals surface area contributed by atoms with E-state index in [0.29, 0.717) is 10.2 Å². The zero-order chi connectivity index (χ0) is 12.8. The van der Waals surface area contributed by atoms with Crippen LogP contribution >= 0.6 is 39.9 Å². The van der Waals surface area contributed by atoms with Crippen LogP contribution in [0.15, 0.2) is 22.7 Å². The normalized spacial score (nSPS) is 12.2. The smallest absolute Gasteiger partial charge is 0.106 e. The van der Waals surface area contributed by atoms with Gasteiger partial charge in [-0.1, -0.05) is 35.1 Å². The van der Waals surface area contributed by atoms with Crippen LogP contribution in [0, 0.1) is 0 Å². The van der Waals surface area contributed by atoms with Gasteiger partial charge in [0.25, 0.3) is 0 Å². The van der Waals surface area contributed by atoms with Crippen LogP contribution < -0.4 is 11.1 Å². The lowest BCUT2D eigenvalue weighted by atomic mass is 10.1. The van der Waals surface area contributed by atoms with Crippen LogP contribution in [0.4, 0.5) is 5.69 Å². The van der Waals surface area contributed by atoms with E-state index in [-0.39, 0.29) is 0 Å². The molecule has 0 fully saturated rings. The summed E-state index contributed by atoms with van der Waals surface area (Å²) >= 11 is 10.4. The molecule has 1 aromatic rings. The van der Waals surface area contributed by atoms with Gasteiger partial charge >= 0.3 is 0 Å². The van der Waals surface area contributed by atoms with Crippen LogP contribution in [-0.4, -0.2) is 23.0 Å². The molecule has 1 aromatic carbocycles. The van der Waals surface area contributed by atoms with E-state index >= 15 is 0 Å². The molecule has 17 heavy (non-hydrogen) atoms. The largest absolute Gasteiger partial charge is 0.389 e. The highest BCUT2D eigenvalue weighted by Crippen LogP contribution is 2.22. The summed E-state index contributed by atoms with van der Waals surface area (Å²) in [6.45, 7) is 3.15. The number of thioether (sulfide) groups is 1. The molecule has 0 aromatic heterocycles. The van der Waals surface area contributed by atoms with Gasteiger partial charge in [-0.3, -0.25) is 0 Å². The van der Waals surface area contributed by atoms with E-state index in [1.54, 1.807) is 0 Å². The van der Waals surface area contributed by atoms with Crippen molar-refractivity contribution in [3.8, 4) is 0 Å². The summed E-state index contributed by atoms with van der Waals surface area (Å²) in [5.74, 6) is 0. The van der Waals surface area contributed by atoms with Crippen molar-refractivity contribution in [2.75, 3.05) is 18.1 Å². The zero-order valence-corrected chi connectivity index (χ0v) is 13.2. The molecule has 0 saturated heterocycles. The Hall–Kier alpha value is -0.260. The molecule has 0 saturated carbocycles. The van der Waals surface area contributed by atoms with Crippen LogP contribution in [0.2, 0.25) is 0 Å². The Bertz CT molecular complexity index is 396. The first kappa shape index (κ1) is 14.8. The molecule has 1 atom stereocenters. The van der Waals surface area contributed by atoms with E-state index in [9.17, 15) is 0 Å². The van der Waals surface area contributed by atoms with Gasteiger partial charge in [0.15, 0.2) is 0 Å². The highest BCUT2D eigenvalue weighted by atomic mass is 79.9. The average molecular weight is 333 g/mol. The summed E-state index contributed by atoms with van der Waals surface area (Å²) in [6, 6.07) is 5.90. The molecule has 1 rings (SSSR count). The summed E-state index contributed by atoms with van der Waals surface area (Å²) in [5, 5.41) is 4.05. The second kappa shape index (κ2) is 7.24. The number of nitrogens with one attached hydrogen (secondary N) is 1. The minimum absolute atomic E-state index is 0.429. The van der Waals surface area contributed by atoms with Gasteiger partial charge in [-0.2, -0.15) is 11.8 Å². The predicted octanol–water partition coefficient (Wildman–Crippen LogP) is 3.64. The quantitative estimate of drug-likeness (QED) is 0.780. The van der Waals surface area contributed by atoms with Crippen molar-refractivity contribution in [3.63, 3.8) is 0 Å². The Labute approximate surface area is 121 Å². The van der Waals surface area contributed by atoms with Gasteiger partial charge in [-0.15, -0.1) is 0 Å². The maximum atomic E-state index is 5.69. The first-order valence-corrected chi connectivity index (χ1v) is 7.89. The fourth-order valence-electron chi connectivity index (χ4n) is 1.41. The first-order valence-electron chi connectivity index (χ1n) is 5.40. The van der Waals surface area contributed by atoms with Gasteiger partial charge in [-0.25, -0.2) is 0 Å². The minimum atomic E-state index is 0.429. The Morgan fingerprint density at radius 1 is 1.59 bits per heavy atom. The molecule has 0 aliphatic rings. The highest BCUT2D eigenvalue weighted by molar-refractivity contribution is 9.10. The third-order valence-electron chi connectivity index (χ3n) is 2.52. The van der Waals surface area contributed by atoms with E-state index < -0.39 is 0 Å². The maximum Gasteiger partial charge on any atom is 0.106 e. The van der Waals surface area contributed by atoms with E-state index in [2.05, 4.69) is 34.4 Å². The van der Waals surface area contributed by atoms with Crippen molar-refractivity contribution in [2.45, 2.75) is 18.6 Å². The zero-order valence-electron chi connectivity index (χ0n) is 10.00. The molecule has 0 aliphatic carbocycles. The van der Waals surface area contributed by atoms with Crippen molar-refractivity contribution in [3.05, 3.63) is 28.2 Å². The average Bonchev–Trinajstić information content (AvgIpc) is 2.28. The van der Waals surface area contributed by atoms with Crippen molar-refractivity contribution in [1.29, 1.82) is 0 Å². The Morgan fingerprint density at radius 3 is 2.88 bits per heavy atom. The number of thiocarbonyl (C=S) groups is 1. The third kappa shape index (κ3) is 4.85. The van der Waals surface area contributed by atoms with Crippen molar-refractivity contribution in [1.82, 2.24) is 0 Å². The third-order valence-corrected chi connectivity index (χ3v) is 4.27. The van der Waals surface area contributed by atoms with Crippen LogP contribution in [-0.2, 0) is 0 Å². The van der Waals surface area contributed by atoms with Crippen molar-refractivity contribution in [2.24, 2.45) is 5.73 Å². The van der Waals surface area contributed by atoms with Gasteiger partial charge in [0.1, 0.15) is 4.99 Å². The van der Waals surface area contributed by atoms with E-state index in [1.165, 1.54) is 0 Å². The lowest BCUT2D eigenvalue weighted by molar-refractivity contribution is 0.853. The van der Waals surface area contributed by atoms with Crippen molar-refractivity contribution >= 4 is 50.6 Å². The highest BCUT2D eigenvalue weighted by Gasteiger charge is 2.06. The first-order chi connectivity index (χ1) is 8.04. The number of hydrogen-bond donors (Lipinski definition) is 2. The number of hydrogen-bond acceptors (Lipinski definition) is 3. The Kier molecular flexibility index (Phi) is 6.30. The number of benzene rings is 1. The summed E-state index contributed by atoms with van der Waals surface area (Å²) in [5.41, 5.74) is 7.60. The van der Waals surface area contributed by atoms with Crippen molar-refractivity contribution < 1.29 is 0 Å². The Morgan fingerprint density at radius 2 is 2.29 bits per heavy atom. The van der Waals surface area contributed by atoms with Gasteiger partial charge in [0.05, 0.1) is 0 Å². The number of halogens is 1. The predicted molar refractivity (Wildman–Crippen MR) is 86.1 cm³/mol. The Balaban J connectivity index is 2.68. The fourth-order valence-corrected chi connectivity index (χ4v) is 2.30. The maximum absolute atomic E-state index is 5.69. The van der Waals surface area contributed by atoms with E-state index in [4.69, 9.17) is 18.0 Å². The molecule has 0 heterocycles. The molecular weight excluding hydrogens is 316 g/mol. The molecule has 5 heteroatoms. The molecule has 0 aliphatic heterocycles. The second-order valence-corrected chi connectivity index (χ2v) is 6.45. The molecule has 1 unspecified atom stereocenters. The molecule has 0 bridgehead atoms. The van der Waals surface area contributed by atoms with Crippen LogP contribution in [0.3, 0.4) is 0 Å². The molecule has 0 radical (unpaired) electrons. The van der Waals surface area contributed by atoms with Crippen LogP contribution in [0.1, 0.15) is 18.9 Å². The lowest BCUT2D eigenvalue weighted by Gasteiger charge is -2.13. The molecule has 0 spiro atoms. The van der Waals surface area contributed by atoms with Gasteiger partial charge in [0.2, 0.25) is 0 Å². The molecule has 0 amide bonds. The molecule has 94 valence electrons. The number of nitrogens with two attached hydrogens (primary N) is 1. The molecule has 2 nitrogen and oxygen atoms in total. The molecular formula is C12H17BrN2S2. The summed E-state index contributed by atoms with van der Waals surface area (Å²) in [6.07, 6.45) is 3.24. The van der Waals surface area contributed by atoms with Crippen LogP contribution in [0.5, 0.6) is 0 Å². The number of anilines is 1. The summed E-state index contributed by atoms with van der Waals surface area (Å²) in [4.78, 5) is 0.429. The number of rotatable bonds is 6. The van der Waals surface area contributed by atoms with Gasteiger partial charge in [-0.05, 0) is 30.9 Å². The van der Waals surface area contributed by atoms with E-state index in [1.807, 2.05) is 30.0 Å². The minimum Gasteiger partial charge on any atom is -0.389 e. The monoisotopic (exact) mass is 332 g/mol. The van der Waals surface area contributed by atoms with Gasteiger partial charge < -0.3 is 11.1 Å². The fraction of sp³-hybridized carbons (Fsp3) is 0.417. The standard InChI is InChI=1S/C12H17BrN2S2/c1-8(17-2)5-6-15-11-7-9(13)3-4-10(11)12(14)16/h3-4,7-8,15H,5-6H2,1-2H3,(H2,14,16). The lowest BCUT2D eigenvalue weighted by Crippen LogP contribution is -2.15. The topological polar surface area (TPSA) is 38.0 Å². The van der Waals surface area contributed by atoms with Crippen LogP contribution in [0.25, 0.3) is 0 Å². The molecule has 3 N–H and O–H groups in total. The summed E-state index contributed by atoms with van der Waals surface area (Å²) in [7, 11) is 0. The second-order valence-electron chi connectivity index (χ2n) is 3.82. The SMILES string of the molecule is CSC(C)CCNc1cc(Br)ccc1C(N)=S. The van der Waals surface area contributed by atoms with Gasteiger partial charge in [0, 0.05) is 27.5 Å². The summed E-state index contributed by atoms with van der Waals surface area (Å²) < 4.78 is 1.03. The van der Waals surface area contributed by atoms with E-state index in [0.717, 1.165) is 28.7 Å².